The van der Waals surface area contributed by atoms with Crippen LogP contribution in [0, 0.1) is 13.8 Å². The minimum absolute atomic E-state index is 0.896. The third kappa shape index (κ3) is 2.72. The summed E-state index contributed by atoms with van der Waals surface area (Å²) < 4.78 is 1.96. The number of H-pyrrole nitrogens is 1. The Balaban J connectivity index is 1.60. The number of hydrogen-bond acceptors (Lipinski definition) is 2. The molecule has 110 valence electrons. The maximum atomic E-state index is 4.47. The van der Waals surface area contributed by atoms with Crippen molar-refractivity contribution in [2.24, 2.45) is 7.05 Å². The molecule has 21 heavy (non-hydrogen) atoms. The summed E-state index contributed by atoms with van der Waals surface area (Å²) in [4.78, 5) is 3.26. The van der Waals surface area contributed by atoms with Crippen LogP contribution >= 0.6 is 0 Å². The van der Waals surface area contributed by atoms with E-state index >= 15 is 0 Å². The minimum atomic E-state index is 0.896. The van der Waals surface area contributed by atoms with E-state index in [2.05, 4.69) is 53.5 Å². The molecular formula is C17H22N4. The number of rotatable bonds is 5. The molecule has 0 aliphatic rings. The predicted molar refractivity (Wildman–Crippen MR) is 86.4 cm³/mol. The summed E-state index contributed by atoms with van der Waals surface area (Å²) in [5, 5.41) is 9.32. The van der Waals surface area contributed by atoms with E-state index in [0.29, 0.717) is 0 Å². The zero-order chi connectivity index (χ0) is 14.8. The molecule has 0 unspecified atom stereocenters. The highest BCUT2D eigenvalue weighted by Crippen LogP contribution is 2.17. The molecule has 4 nitrogen and oxygen atoms in total. The highest BCUT2D eigenvalue weighted by atomic mass is 15.3. The van der Waals surface area contributed by atoms with Gasteiger partial charge < -0.3 is 10.3 Å². The molecule has 0 aliphatic carbocycles. The molecule has 0 amide bonds. The van der Waals surface area contributed by atoms with E-state index in [9.17, 15) is 0 Å². The van der Waals surface area contributed by atoms with Gasteiger partial charge in [-0.05, 0) is 50.1 Å². The Labute approximate surface area is 125 Å². The number of aryl methyl sites for hydroxylation is 2. The van der Waals surface area contributed by atoms with Gasteiger partial charge in [0.15, 0.2) is 0 Å². The lowest BCUT2D eigenvalue weighted by Crippen LogP contribution is -2.17. The van der Waals surface area contributed by atoms with Crippen molar-refractivity contribution in [1.82, 2.24) is 20.1 Å². The van der Waals surface area contributed by atoms with Crippen LogP contribution in [0.2, 0.25) is 0 Å². The molecule has 0 saturated heterocycles. The molecule has 0 fully saturated rings. The average Bonchev–Trinajstić information content (AvgIpc) is 3.03. The highest BCUT2D eigenvalue weighted by molar-refractivity contribution is 5.82. The maximum absolute atomic E-state index is 4.47. The van der Waals surface area contributed by atoms with E-state index in [4.69, 9.17) is 0 Å². The Morgan fingerprint density at radius 1 is 1.24 bits per heavy atom. The van der Waals surface area contributed by atoms with Crippen molar-refractivity contribution in [2.45, 2.75) is 26.8 Å². The molecule has 0 radical (unpaired) electrons. The van der Waals surface area contributed by atoms with Crippen molar-refractivity contribution < 1.29 is 0 Å². The molecule has 0 bridgehead atoms. The zero-order valence-corrected chi connectivity index (χ0v) is 12.9. The first-order valence-corrected chi connectivity index (χ1v) is 7.41. The molecule has 2 aromatic heterocycles. The molecule has 2 heterocycles. The van der Waals surface area contributed by atoms with Gasteiger partial charge in [-0.25, -0.2) is 0 Å². The van der Waals surface area contributed by atoms with Crippen molar-refractivity contribution in [3.8, 4) is 0 Å². The Bertz CT molecular complexity index is 751. The highest BCUT2D eigenvalue weighted by Gasteiger charge is 2.08. The molecule has 0 spiro atoms. The Morgan fingerprint density at radius 2 is 2.10 bits per heavy atom. The third-order valence-corrected chi connectivity index (χ3v) is 4.21. The molecular weight excluding hydrogens is 260 g/mol. The smallest absolute Gasteiger partial charge is 0.0628 e. The molecule has 4 heteroatoms. The van der Waals surface area contributed by atoms with Crippen molar-refractivity contribution in [1.29, 1.82) is 0 Å². The van der Waals surface area contributed by atoms with Crippen LogP contribution in [-0.2, 0) is 20.0 Å². The summed E-state index contributed by atoms with van der Waals surface area (Å²) in [6, 6.07) is 8.54. The van der Waals surface area contributed by atoms with E-state index in [1.54, 1.807) is 0 Å². The first kappa shape index (κ1) is 13.9. The van der Waals surface area contributed by atoms with Gasteiger partial charge in [0.05, 0.1) is 5.69 Å². The Kier molecular flexibility index (Phi) is 3.80. The third-order valence-electron chi connectivity index (χ3n) is 4.21. The van der Waals surface area contributed by atoms with Gasteiger partial charge in [0.2, 0.25) is 0 Å². The lowest BCUT2D eigenvalue weighted by atomic mass is 10.1. The van der Waals surface area contributed by atoms with Crippen LogP contribution < -0.4 is 5.32 Å². The number of fused-ring (bicyclic) bond motifs is 1. The SMILES string of the molecule is Cc1nn(C)c(C)c1CCNCc1cccc2[nH]ccc12. The van der Waals surface area contributed by atoms with Gasteiger partial charge in [-0.1, -0.05) is 12.1 Å². The van der Waals surface area contributed by atoms with Crippen molar-refractivity contribution in [3.63, 3.8) is 0 Å². The summed E-state index contributed by atoms with van der Waals surface area (Å²) in [6.45, 7) is 6.08. The van der Waals surface area contributed by atoms with Crippen LogP contribution in [0.3, 0.4) is 0 Å². The van der Waals surface area contributed by atoms with Crippen molar-refractivity contribution in [3.05, 3.63) is 53.0 Å². The summed E-state index contributed by atoms with van der Waals surface area (Å²) in [5.41, 5.74) is 6.32. The topological polar surface area (TPSA) is 45.6 Å². The van der Waals surface area contributed by atoms with E-state index in [0.717, 1.165) is 25.2 Å². The predicted octanol–water partition coefficient (Wildman–Crippen LogP) is 2.85. The monoisotopic (exact) mass is 282 g/mol. The van der Waals surface area contributed by atoms with Crippen molar-refractivity contribution >= 4 is 10.9 Å². The first-order valence-electron chi connectivity index (χ1n) is 7.41. The minimum Gasteiger partial charge on any atom is -0.361 e. The normalized spacial score (nSPS) is 11.4. The fourth-order valence-electron chi connectivity index (χ4n) is 2.92. The molecule has 2 N–H and O–H groups in total. The van der Waals surface area contributed by atoms with Gasteiger partial charge in [0.1, 0.15) is 0 Å². The van der Waals surface area contributed by atoms with Crippen LogP contribution in [0.1, 0.15) is 22.5 Å². The number of aromatic amines is 1. The fraction of sp³-hybridized carbons (Fsp3) is 0.353. The molecule has 1 aromatic carbocycles. The maximum Gasteiger partial charge on any atom is 0.0628 e. The number of benzene rings is 1. The quantitative estimate of drug-likeness (QED) is 0.707. The van der Waals surface area contributed by atoms with Gasteiger partial charge in [-0.15, -0.1) is 0 Å². The molecule has 0 saturated carbocycles. The summed E-state index contributed by atoms with van der Waals surface area (Å²) >= 11 is 0. The number of nitrogens with zero attached hydrogens (tertiary/aromatic N) is 2. The van der Waals surface area contributed by atoms with E-state index in [-0.39, 0.29) is 0 Å². The number of nitrogens with one attached hydrogen (secondary N) is 2. The van der Waals surface area contributed by atoms with Crippen molar-refractivity contribution in [2.75, 3.05) is 6.54 Å². The van der Waals surface area contributed by atoms with Gasteiger partial charge in [0, 0.05) is 36.4 Å². The molecule has 0 aliphatic heterocycles. The van der Waals surface area contributed by atoms with Gasteiger partial charge in [0.25, 0.3) is 0 Å². The van der Waals surface area contributed by atoms with Crippen LogP contribution in [0.25, 0.3) is 10.9 Å². The van der Waals surface area contributed by atoms with Crippen LogP contribution in [-0.4, -0.2) is 21.3 Å². The second kappa shape index (κ2) is 5.74. The lowest BCUT2D eigenvalue weighted by Gasteiger charge is -2.07. The lowest BCUT2D eigenvalue weighted by molar-refractivity contribution is 0.685. The molecule has 0 atom stereocenters. The van der Waals surface area contributed by atoms with Crippen LogP contribution in [0.4, 0.5) is 0 Å². The van der Waals surface area contributed by atoms with Gasteiger partial charge in [-0.2, -0.15) is 5.10 Å². The standard InChI is InChI=1S/C17H22N4/c1-12-15(13(2)21(3)20-12)7-9-18-11-14-5-4-6-17-16(14)8-10-19-17/h4-6,8,10,18-19H,7,9,11H2,1-3H3. The van der Waals surface area contributed by atoms with E-state index in [1.807, 2.05) is 17.9 Å². The number of hydrogen-bond donors (Lipinski definition) is 2. The fourth-order valence-corrected chi connectivity index (χ4v) is 2.92. The summed E-state index contributed by atoms with van der Waals surface area (Å²) in [5.74, 6) is 0. The van der Waals surface area contributed by atoms with Crippen LogP contribution in [0.15, 0.2) is 30.5 Å². The Hall–Kier alpha value is -2.07. The average molecular weight is 282 g/mol. The van der Waals surface area contributed by atoms with Crippen LogP contribution in [0.5, 0.6) is 0 Å². The summed E-state index contributed by atoms with van der Waals surface area (Å²) in [6.07, 6.45) is 3.02. The number of aromatic nitrogens is 3. The molecule has 3 rings (SSSR count). The Morgan fingerprint density at radius 3 is 2.86 bits per heavy atom. The largest absolute Gasteiger partial charge is 0.361 e. The van der Waals surface area contributed by atoms with Gasteiger partial charge in [-0.3, -0.25) is 4.68 Å². The van der Waals surface area contributed by atoms with E-state index in [1.165, 1.54) is 27.7 Å². The second-order valence-electron chi connectivity index (χ2n) is 5.56. The first-order chi connectivity index (χ1) is 10.2. The molecule has 3 aromatic rings. The van der Waals surface area contributed by atoms with E-state index < -0.39 is 0 Å². The van der Waals surface area contributed by atoms with Gasteiger partial charge >= 0.3 is 0 Å². The summed E-state index contributed by atoms with van der Waals surface area (Å²) in [7, 11) is 2.01. The second-order valence-corrected chi connectivity index (χ2v) is 5.56. The zero-order valence-electron chi connectivity index (χ0n) is 12.9.